The molecule has 9 atom stereocenters. The fourth-order valence-corrected chi connectivity index (χ4v) is 9.07. The Bertz CT molecular complexity index is 994. The summed E-state index contributed by atoms with van der Waals surface area (Å²) < 4.78 is 23.4. The first-order chi connectivity index (χ1) is 16.3. The van der Waals surface area contributed by atoms with E-state index in [1.165, 1.54) is 12.2 Å². The molecule has 0 amide bonds. The summed E-state index contributed by atoms with van der Waals surface area (Å²) in [6.07, 6.45) is 5.13. The SMILES string of the molecule is CCCCC(=O)OC1(C(=O)CO)C(C)CC2C3CC(Br)C4=CC(=O)C=CC4(C)C3(F)C(O)CC21C. The maximum absolute atomic E-state index is 17.4. The van der Waals surface area contributed by atoms with Gasteiger partial charge >= 0.3 is 5.97 Å². The fourth-order valence-electron chi connectivity index (χ4n) is 8.06. The van der Waals surface area contributed by atoms with E-state index in [9.17, 15) is 24.6 Å². The van der Waals surface area contributed by atoms with Crippen molar-refractivity contribution in [2.75, 3.05) is 6.61 Å². The molecule has 3 fully saturated rings. The van der Waals surface area contributed by atoms with Crippen molar-refractivity contribution in [3.63, 3.8) is 0 Å². The van der Waals surface area contributed by atoms with E-state index in [-0.39, 0.29) is 29.4 Å². The molecule has 0 aromatic carbocycles. The monoisotopic (exact) mass is 554 g/mol. The van der Waals surface area contributed by atoms with E-state index in [1.54, 1.807) is 13.0 Å². The van der Waals surface area contributed by atoms with Crippen LogP contribution in [0.2, 0.25) is 0 Å². The summed E-state index contributed by atoms with van der Waals surface area (Å²) in [5, 5.41) is 21.5. The van der Waals surface area contributed by atoms with Crippen LogP contribution < -0.4 is 0 Å². The van der Waals surface area contributed by atoms with Gasteiger partial charge in [0, 0.05) is 33.9 Å². The van der Waals surface area contributed by atoms with Crippen LogP contribution in [0.5, 0.6) is 0 Å². The fraction of sp³-hybridized carbons (Fsp3) is 0.741. The summed E-state index contributed by atoms with van der Waals surface area (Å²) in [6.45, 7) is 6.50. The second-order valence-electron chi connectivity index (χ2n) is 11.4. The van der Waals surface area contributed by atoms with Crippen LogP contribution >= 0.6 is 15.9 Å². The third-order valence-corrected chi connectivity index (χ3v) is 10.6. The number of halogens is 2. The van der Waals surface area contributed by atoms with Crippen LogP contribution in [0.4, 0.5) is 4.39 Å². The minimum atomic E-state index is -2.07. The first kappa shape index (κ1) is 26.7. The second kappa shape index (κ2) is 8.88. The van der Waals surface area contributed by atoms with Crippen LogP contribution in [0, 0.1) is 28.6 Å². The van der Waals surface area contributed by atoms with E-state index in [4.69, 9.17) is 4.74 Å². The molecule has 2 N–H and O–H groups in total. The lowest BCUT2D eigenvalue weighted by molar-refractivity contribution is -0.228. The highest BCUT2D eigenvalue weighted by molar-refractivity contribution is 9.09. The lowest BCUT2D eigenvalue weighted by atomic mass is 9.44. The maximum atomic E-state index is 17.4. The molecule has 6 nitrogen and oxygen atoms in total. The van der Waals surface area contributed by atoms with Gasteiger partial charge in [0.25, 0.3) is 0 Å². The highest BCUT2D eigenvalue weighted by Crippen LogP contribution is 2.71. The summed E-state index contributed by atoms with van der Waals surface area (Å²) in [5.74, 6) is -2.82. The van der Waals surface area contributed by atoms with E-state index in [1.807, 2.05) is 20.8 Å². The number of fused-ring (bicyclic) bond motifs is 5. The van der Waals surface area contributed by atoms with Gasteiger partial charge in [-0.3, -0.25) is 14.4 Å². The van der Waals surface area contributed by atoms with Crippen LogP contribution in [-0.2, 0) is 19.1 Å². The molecule has 194 valence electrons. The molecule has 35 heavy (non-hydrogen) atoms. The quantitative estimate of drug-likeness (QED) is 0.380. The average molecular weight is 555 g/mol. The number of ether oxygens (including phenoxy) is 1. The molecular formula is C27H36BrFO6. The number of alkyl halides is 2. The van der Waals surface area contributed by atoms with E-state index in [2.05, 4.69) is 15.9 Å². The second-order valence-corrected chi connectivity index (χ2v) is 12.5. The number of carbonyl (C=O) groups excluding carboxylic acids is 3. The number of rotatable bonds is 6. The van der Waals surface area contributed by atoms with Crippen LogP contribution in [0.1, 0.15) is 66.2 Å². The van der Waals surface area contributed by atoms with Gasteiger partial charge in [0.2, 0.25) is 5.78 Å². The van der Waals surface area contributed by atoms with Gasteiger partial charge in [-0.25, -0.2) is 4.39 Å². The summed E-state index contributed by atoms with van der Waals surface area (Å²) in [4.78, 5) is 38.1. The van der Waals surface area contributed by atoms with E-state index >= 15 is 4.39 Å². The first-order valence-electron chi connectivity index (χ1n) is 12.7. The third-order valence-electron chi connectivity index (χ3n) is 9.74. The number of Topliss-reactive ketones (excluding diaryl/α,β-unsaturated/α-hetero) is 1. The van der Waals surface area contributed by atoms with Crippen molar-refractivity contribution in [1.29, 1.82) is 0 Å². The average Bonchev–Trinajstić information content (AvgIpc) is 3.02. The molecule has 4 rings (SSSR count). The summed E-state index contributed by atoms with van der Waals surface area (Å²) in [7, 11) is 0. The van der Waals surface area contributed by atoms with Crippen LogP contribution in [0.3, 0.4) is 0 Å². The highest BCUT2D eigenvalue weighted by atomic mass is 79.9. The molecule has 3 saturated carbocycles. The molecule has 0 saturated heterocycles. The number of hydrogen-bond donors (Lipinski definition) is 2. The summed E-state index contributed by atoms with van der Waals surface area (Å²) in [5.41, 5.74) is -5.37. The van der Waals surface area contributed by atoms with Crippen LogP contribution in [0.15, 0.2) is 23.8 Å². The van der Waals surface area contributed by atoms with Crippen molar-refractivity contribution in [3.05, 3.63) is 23.8 Å². The Morgan fingerprint density at radius 2 is 1.94 bits per heavy atom. The van der Waals surface area contributed by atoms with Gasteiger partial charge < -0.3 is 14.9 Å². The standard InChI is InChI=1S/C27H36BrFO6/c1-5-6-7-23(34)35-27(22(33)14-30)15(2)10-17-18-12-20(28)19-11-16(31)8-9-24(19,3)26(18,29)21(32)13-25(17,27)4/h8-9,11,15,17-18,20-21,30,32H,5-7,10,12-14H2,1-4H3. The van der Waals surface area contributed by atoms with Crippen molar-refractivity contribution >= 4 is 33.5 Å². The Labute approximate surface area is 214 Å². The predicted molar refractivity (Wildman–Crippen MR) is 131 cm³/mol. The van der Waals surface area contributed by atoms with E-state index in [0.29, 0.717) is 24.8 Å². The van der Waals surface area contributed by atoms with E-state index < -0.39 is 58.4 Å². The predicted octanol–water partition coefficient (Wildman–Crippen LogP) is 4.01. The van der Waals surface area contributed by atoms with Gasteiger partial charge in [-0.05, 0) is 56.3 Å². The number of aliphatic hydroxyl groups is 2. The minimum absolute atomic E-state index is 0.0978. The molecule has 0 radical (unpaired) electrons. The minimum Gasteiger partial charge on any atom is -0.450 e. The van der Waals surface area contributed by atoms with Crippen LogP contribution in [0.25, 0.3) is 0 Å². The first-order valence-corrected chi connectivity index (χ1v) is 13.6. The number of aliphatic hydroxyl groups excluding tert-OH is 2. The van der Waals surface area contributed by atoms with Gasteiger partial charge in [-0.15, -0.1) is 0 Å². The van der Waals surface area contributed by atoms with Crippen molar-refractivity contribution in [2.45, 2.75) is 88.4 Å². The summed E-state index contributed by atoms with van der Waals surface area (Å²) >= 11 is 3.67. The van der Waals surface area contributed by atoms with Gasteiger partial charge in [0.05, 0.1) is 6.10 Å². The molecule has 0 aromatic rings. The van der Waals surface area contributed by atoms with Crippen LogP contribution in [-0.4, -0.2) is 56.6 Å². The van der Waals surface area contributed by atoms with Crippen molar-refractivity contribution < 1.29 is 33.7 Å². The Morgan fingerprint density at radius 3 is 2.57 bits per heavy atom. The maximum Gasteiger partial charge on any atom is 0.306 e. The number of ketones is 2. The number of hydrogen-bond acceptors (Lipinski definition) is 6. The van der Waals surface area contributed by atoms with Crippen molar-refractivity contribution in [3.8, 4) is 0 Å². The molecule has 9 unspecified atom stereocenters. The Kier molecular flexibility index (Phi) is 6.76. The zero-order valence-electron chi connectivity index (χ0n) is 20.9. The lowest BCUT2D eigenvalue weighted by Gasteiger charge is -2.63. The van der Waals surface area contributed by atoms with Crippen molar-refractivity contribution in [1.82, 2.24) is 0 Å². The molecule has 0 bridgehead atoms. The zero-order valence-corrected chi connectivity index (χ0v) is 22.4. The number of carbonyl (C=O) groups is 3. The molecule has 0 aromatic heterocycles. The smallest absolute Gasteiger partial charge is 0.306 e. The Balaban J connectivity index is 1.83. The Hall–Kier alpha value is -1.38. The Morgan fingerprint density at radius 1 is 1.26 bits per heavy atom. The summed E-state index contributed by atoms with van der Waals surface area (Å²) in [6, 6.07) is 0. The third kappa shape index (κ3) is 3.42. The van der Waals surface area contributed by atoms with Crippen molar-refractivity contribution in [2.24, 2.45) is 28.6 Å². The largest absolute Gasteiger partial charge is 0.450 e. The van der Waals surface area contributed by atoms with E-state index in [0.717, 1.165) is 6.42 Å². The number of esters is 1. The molecule has 8 heteroatoms. The van der Waals surface area contributed by atoms with Gasteiger partial charge in [0.15, 0.2) is 17.1 Å². The number of allylic oxidation sites excluding steroid dienone is 4. The molecule has 4 aliphatic carbocycles. The highest BCUT2D eigenvalue weighted by Gasteiger charge is 2.77. The molecule has 0 aliphatic heterocycles. The topological polar surface area (TPSA) is 101 Å². The normalized spacial score (nSPS) is 46.3. The lowest BCUT2D eigenvalue weighted by Crippen LogP contribution is -2.71. The molecule has 0 heterocycles. The molecule has 0 spiro atoms. The van der Waals surface area contributed by atoms with Gasteiger partial charge in [-0.1, -0.05) is 49.2 Å². The molecular weight excluding hydrogens is 519 g/mol. The molecule has 4 aliphatic rings. The zero-order chi connectivity index (χ0) is 26.0. The van der Waals surface area contributed by atoms with Gasteiger partial charge in [-0.2, -0.15) is 0 Å². The number of unbranched alkanes of at least 4 members (excludes halogenated alkanes) is 1. The van der Waals surface area contributed by atoms with Gasteiger partial charge in [0.1, 0.15) is 6.61 Å².